The summed E-state index contributed by atoms with van der Waals surface area (Å²) in [6.45, 7) is 4.12. The highest BCUT2D eigenvalue weighted by Crippen LogP contribution is 2.29. The van der Waals surface area contributed by atoms with Crippen molar-refractivity contribution in [1.82, 2.24) is 15.0 Å². The lowest BCUT2D eigenvalue weighted by atomic mass is 10.2. The van der Waals surface area contributed by atoms with Crippen LogP contribution in [0.2, 0.25) is 0 Å². The highest BCUT2D eigenvalue weighted by molar-refractivity contribution is 5.99. The molecule has 1 N–H and O–H groups in total. The molecule has 1 heterocycles. The fourth-order valence-corrected chi connectivity index (χ4v) is 2.76. The van der Waals surface area contributed by atoms with Crippen molar-refractivity contribution in [2.24, 2.45) is 0 Å². The summed E-state index contributed by atoms with van der Waals surface area (Å²) in [7, 11) is 3.01. The van der Waals surface area contributed by atoms with Gasteiger partial charge in [-0.05, 0) is 44.2 Å². The van der Waals surface area contributed by atoms with E-state index in [-0.39, 0.29) is 0 Å². The molecule has 0 bridgehead atoms. The first-order valence-corrected chi connectivity index (χ1v) is 9.04. The zero-order valence-electron chi connectivity index (χ0n) is 16.6. The van der Waals surface area contributed by atoms with Crippen molar-refractivity contribution in [3.8, 4) is 11.5 Å². The van der Waals surface area contributed by atoms with Crippen LogP contribution in [0.5, 0.6) is 11.5 Å². The number of carbonyl (C=O) groups is 2. The third-order valence-corrected chi connectivity index (χ3v) is 4.37. The number of ether oxygens (including phenoxy) is 3. The molecule has 0 saturated heterocycles. The van der Waals surface area contributed by atoms with Crippen molar-refractivity contribution in [3.63, 3.8) is 0 Å². The number of amides is 1. The van der Waals surface area contributed by atoms with Crippen molar-refractivity contribution in [2.45, 2.75) is 26.5 Å². The lowest BCUT2D eigenvalue weighted by molar-refractivity contribution is -0.123. The summed E-state index contributed by atoms with van der Waals surface area (Å²) in [6, 6.07) is 9.96. The molecule has 3 aromatic rings. The van der Waals surface area contributed by atoms with E-state index in [1.807, 2.05) is 6.92 Å². The van der Waals surface area contributed by atoms with Crippen LogP contribution in [0.25, 0.3) is 11.0 Å². The zero-order valence-corrected chi connectivity index (χ0v) is 16.6. The van der Waals surface area contributed by atoms with Crippen molar-refractivity contribution in [1.29, 1.82) is 0 Å². The van der Waals surface area contributed by atoms with Gasteiger partial charge in [-0.3, -0.25) is 4.79 Å². The Morgan fingerprint density at radius 1 is 1.14 bits per heavy atom. The van der Waals surface area contributed by atoms with E-state index in [0.29, 0.717) is 34.8 Å². The smallest absolute Gasteiger partial charge is 0.338 e. The first-order valence-electron chi connectivity index (χ1n) is 9.04. The monoisotopic (exact) mass is 398 g/mol. The van der Waals surface area contributed by atoms with Gasteiger partial charge in [0.15, 0.2) is 6.10 Å². The van der Waals surface area contributed by atoms with E-state index in [2.05, 4.69) is 15.6 Å². The largest absolute Gasteiger partial charge is 0.497 e. The van der Waals surface area contributed by atoms with E-state index in [0.717, 1.165) is 5.52 Å². The number of aryl methyl sites for hydroxylation is 1. The second-order valence-electron chi connectivity index (χ2n) is 6.21. The summed E-state index contributed by atoms with van der Waals surface area (Å²) in [5.41, 5.74) is 2.11. The number of nitrogens with one attached hydrogen (secondary N) is 1. The summed E-state index contributed by atoms with van der Waals surface area (Å²) in [5, 5.41) is 10.7. The molecule has 0 saturated carbocycles. The fraction of sp³-hybridized carbons (Fsp3) is 0.300. The third kappa shape index (κ3) is 4.29. The zero-order chi connectivity index (χ0) is 21.0. The van der Waals surface area contributed by atoms with Crippen molar-refractivity contribution in [3.05, 3.63) is 42.0 Å². The number of rotatable bonds is 7. The molecule has 0 aliphatic heterocycles. The van der Waals surface area contributed by atoms with Crippen LogP contribution in [-0.4, -0.2) is 47.2 Å². The predicted octanol–water partition coefficient (Wildman–Crippen LogP) is 2.65. The molecule has 0 radical (unpaired) electrons. The summed E-state index contributed by atoms with van der Waals surface area (Å²) < 4.78 is 17.4. The van der Waals surface area contributed by atoms with Crippen molar-refractivity contribution >= 4 is 28.6 Å². The van der Waals surface area contributed by atoms with Gasteiger partial charge in [-0.25, -0.2) is 9.48 Å². The third-order valence-electron chi connectivity index (χ3n) is 4.37. The van der Waals surface area contributed by atoms with Crippen LogP contribution in [0.3, 0.4) is 0 Å². The second kappa shape index (κ2) is 8.59. The Morgan fingerprint density at radius 2 is 1.93 bits per heavy atom. The molecule has 1 amide bonds. The normalized spacial score (nSPS) is 11.7. The Morgan fingerprint density at radius 3 is 2.62 bits per heavy atom. The van der Waals surface area contributed by atoms with Crippen molar-refractivity contribution < 1.29 is 23.8 Å². The molecule has 152 valence electrons. The maximum Gasteiger partial charge on any atom is 0.338 e. The van der Waals surface area contributed by atoms with E-state index < -0.39 is 18.0 Å². The minimum atomic E-state index is -1.03. The maximum atomic E-state index is 12.5. The number of hydrogen-bond donors (Lipinski definition) is 1. The number of fused-ring (bicyclic) bond motifs is 1. The van der Waals surface area contributed by atoms with Crippen LogP contribution in [0.1, 0.15) is 24.2 Å². The number of methoxy groups -OCH3 is 2. The van der Waals surface area contributed by atoms with Crippen molar-refractivity contribution in [2.75, 3.05) is 19.5 Å². The van der Waals surface area contributed by atoms with Crippen LogP contribution in [0, 0.1) is 0 Å². The highest BCUT2D eigenvalue weighted by atomic mass is 16.5. The molecular formula is C20H22N4O5. The van der Waals surface area contributed by atoms with Crippen LogP contribution in [0.15, 0.2) is 36.4 Å². The Bertz CT molecular complexity index is 1050. The SMILES string of the molecule is CCn1nnc2cc(C(=O)O[C@@H](C)C(=O)Nc3cc(OC)ccc3OC)ccc21. The van der Waals surface area contributed by atoms with Gasteiger partial charge in [0.2, 0.25) is 0 Å². The molecule has 29 heavy (non-hydrogen) atoms. The van der Waals surface area contributed by atoms with Gasteiger partial charge in [0.1, 0.15) is 17.0 Å². The van der Waals surface area contributed by atoms with Crippen LogP contribution >= 0.6 is 0 Å². The number of nitrogens with zero attached hydrogens (tertiary/aromatic N) is 3. The van der Waals surface area contributed by atoms with E-state index in [4.69, 9.17) is 14.2 Å². The average Bonchev–Trinajstić information content (AvgIpc) is 3.15. The van der Waals surface area contributed by atoms with Gasteiger partial charge in [-0.1, -0.05) is 5.21 Å². The number of anilines is 1. The first-order chi connectivity index (χ1) is 14.0. The Labute approximate surface area is 167 Å². The van der Waals surface area contributed by atoms with E-state index in [9.17, 15) is 9.59 Å². The number of aromatic nitrogens is 3. The van der Waals surface area contributed by atoms with Gasteiger partial charge < -0.3 is 19.5 Å². The van der Waals surface area contributed by atoms with Gasteiger partial charge in [-0.2, -0.15) is 0 Å². The predicted molar refractivity (Wildman–Crippen MR) is 106 cm³/mol. The molecule has 9 nitrogen and oxygen atoms in total. The summed E-state index contributed by atoms with van der Waals surface area (Å²) in [4.78, 5) is 24.9. The maximum absolute atomic E-state index is 12.5. The molecule has 3 rings (SSSR count). The topological polar surface area (TPSA) is 105 Å². The minimum Gasteiger partial charge on any atom is -0.497 e. The van der Waals surface area contributed by atoms with Crippen LogP contribution in [-0.2, 0) is 16.1 Å². The lowest BCUT2D eigenvalue weighted by Gasteiger charge is -2.16. The number of esters is 1. The minimum absolute atomic E-state index is 0.291. The van der Waals surface area contributed by atoms with Crippen LogP contribution < -0.4 is 14.8 Å². The highest BCUT2D eigenvalue weighted by Gasteiger charge is 2.21. The molecule has 0 aliphatic rings. The summed E-state index contributed by atoms with van der Waals surface area (Å²) in [6.07, 6.45) is -1.03. The molecule has 1 aromatic heterocycles. The standard InChI is InChI=1S/C20H22N4O5/c1-5-24-17-8-6-13(10-15(17)22-23-24)20(26)29-12(2)19(25)21-16-11-14(27-3)7-9-18(16)28-4/h6-12H,5H2,1-4H3,(H,21,25)/t12-/m0/s1. The molecule has 1 atom stereocenters. The molecule has 0 aliphatic carbocycles. The fourth-order valence-electron chi connectivity index (χ4n) is 2.76. The number of benzene rings is 2. The van der Waals surface area contributed by atoms with E-state index in [1.54, 1.807) is 41.1 Å². The molecule has 2 aromatic carbocycles. The molecule has 0 fully saturated rings. The van der Waals surface area contributed by atoms with Gasteiger partial charge in [-0.15, -0.1) is 5.10 Å². The van der Waals surface area contributed by atoms with Gasteiger partial charge in [0.05, 0.1) is 31.0 Å². The summed E-state index contributed by atoms with van der Waals surface area (Å²) >= 11 is 0. The van der Waals surface area contributed by atoms with Gasteiger partial charge in [0.25, 0.3) is 5.91 Å². The molecule has 9 heteroatoms. The molecule has 0 unspecified atom stereocenters. The number of hydrogen-bond acceptors (Lipinski definition) is 7. The first kappa shape index (κ1) is 20.1. The average molecular weight is 398 g/mol. The summed E-state index contributed by atoms with van der Waals surface area (Å²) in [5.74, 6) is -0.109. The van der Waals surface area contributed by atoms with E-state index in [1.165, 1.54) is 21.1 Å². The quantitative estimate of drug-likeness (QED) is 0.610. The van der Waals surface area contributed by atoms with Gasteiger partial charge >= 0.3 is 5.97 Å². The van der Waals surface area contributed by atoms with E-state index >= 15 is 0 Å². The molecular weight excluding hydrogens is 376 g/mol. The Kier molecular flexibility index (Phi) is 5.96. The van der Waals surface area contributed by atoms with Crippen LogP contribution in [0.4, 0.5) is 5.69 Å². The lowest BCUT2D eigenvalue weighted by Crippen LogP contribution is -2.30. The second-order valence-corrected chi connectivity index (χ2v) is 6.21. The Hall–Kier alpha value is -3.62. The molecule has 0 spiro atoms. The number of carbonyl (C=O) groups excluding carboxylic acids is 2. The Balaban J connectivity index is 1.70. The van der Waals surface area contributed by atoms with Gasteiger partial charge in [0, 0.05) is 12.6 Å².